The van der Waals surface area contributed by atoms with Gasteiger partial charge in [-0.05, 0) is 18.3 Å². The van der Waals surface area contributed by atoms with Crippen LogP contribution in [0.4, 0.5) is 0 Å². The van der Waals surface area contributed by atoms with E-state index < -0.39 is 11.8 Å². The SMILES string of the molecule is O=C1CC2(CCCCC2)CC(=O)N1O. The van der Waals surface area contributed by atoms with Crippen LogP contribution in [0, 0.1) is 5.41 Å². The summed E-state index contributed by atoms with van der Waals surface area (Å²) >= 11 is 0. The fraction of sp³-hybridized carbons (Fsp3) is 0.800. The van der Waals surface area contributed by atoms with Gasteiger partial charge < -0.3 is 0 Å². The third kappa shape index (κ3) is 1.54. The lowest BCUT2D eigenvalue weighted by Gasteiger charge is -2.40. The molecule has 1 heterocycles. The number of carbonyl (C=O) groups excluding carboxylic acids is 2. The van der Waals surface area contributed by atoms with Gasteiger partial charge in [-0.15, -0.1) is 0 Å². The Kier molecular flexibility index (Phi) is 2.31. The van der Waals surface area contributed by atoms with Crippen molar-refractivity contribution in [2.45, 2.75) is 44.9 Å². The summed E-state index contributed by atoms with van der Waals surface area (Å²) in [5.41, 5.74) is -0.119. The summed E-state index contributed by atoms with van der Waals surface area (Å²) in [5.74, 6) is -0.855. The molecule has 2 amide bonds. The highest BCUT2D eigenvalue weighted by Gasteiger charge is 2.43. The number of hydroxylamine groups is 2. The van der Waals surface area contributed by atoms with Crippen molar-refractivity contribution in [3.63, 3.8) is 0 Å². The largest absolute Gasteiger partial charge is 0.279 e. The monoisotopic (exact) mass is 197 g/mol. The Balaban J connectivity index is 2.14. The Morgan fingerprint density at radius 1 is 1.00 bits per heavy atom. The Morgan fingerprint density at radius 3 is 2.00 bits per heavy atom. The minimum absolute atomic E-state index is 0.119. The van der Waals surface area contributed by atoms with Crippen molar-refractivity contribution in [3.05, 3.63) is 0 Å². The second-order valence-electron chi connectivity index (χ2n) is 4.51. The molecule has 2 fully saturated rings. The first-order chi connectivity index (χ1) is 6.63. The molecule has 0 aromatic carbocycles. The Hall–Kier alpha value is -0.900. The predicted molar refractivity (Wildman–Crippen MR) is 48.4 cm³/mol. The van der Waals surface area contributed by atoms with Gasteiger partial charge in [-0.25, -0.2) is 0 Å². The molecular formula is C10H15NO3. The molecule has 78 valence electrons. The lowest BCUT2D eigenvalue weighted by Crippen LogP contribution is -2.46. The lowest BCUT2D eigenvalue weighted by atomic mass is 9.68. The van der Waals surface area contributed by atoms with E-state index in [0.717, 1.165) is 25.7 Å². The van der Waals surface area contributed by atoms with E-state index in [2.05, 4.69) is 0 Å². The molecule has 1 N–H and O–H groups in total. The second kappa shape index (κ2) is 3.35. The molecule has 0 unspecified atom stereocenters. The molecule has 1 aliphatic heterocycles. The van der Waals surface area contributed by atoms with Crippen molar-refractivity contribution >= 4 is 11.8 Å². The molecule has 2 aliphatic rings. The minimum Gasteiger partial charge on any atom is -0.279 e. The molecule has 1 spiro atoms. The van der Waals surface area contributed by atoms with Gasteiger partial charge in [0.25, 0.3) is 11.8 Å². The first-order valence-electron chi connectivity index (χ1n) is 5.18. The van der Waals surface area contributed by atoms with Crippen molar-refractivity contribution in [2.24, 2.45) is 5.41 Å². The van der Waals surface area contributed by atoms with Crippen molar-refractivity contribution < 1.29 is 14.8 Å². The van der Waals surface area contributed by atoms with Crippen LogP contribution in [0.25, 0.3) is 0 Å². The number of hydrogen-bond acceptors (Lipinski definition) is 3. The average Bonchev–Trinajstić information content (AvgIpc) is 2.15. The summed E-state index contributed by atoms with van der Waals surface area (Å²) in [6, 6.07) is 0. The maximum absolute atomic E-state index is 11.3. The Bertz CT molecular complexity index is 249. The zero-order valence-corrected chi connectivity index (χ0v) is 8.16. The molecule has 0 radical (unpaired) electrons. The molecular weight excluding hydrogens is 182 g/mol. The van der Waals surface area contributed by atoms with Gasteiger partial charge >= 0.3 is 0 Å². The Morgan fingerprint density at radius 2 is 1.50 bits per heavy atom. The van der Waals surface area contributed by atoms with Crippen LogP contribution in [0.15, 0.2) is 0 Å². The van der Waals surface area contributed by atoms with Crippen LogP contribution in [-0.2, 0) is 9.59 Å². The molecule has 0 bridgehead atoms. The fourth-order valence-corrected chi connectivity index (χ4v) is 2.65. The third-order valence-electron chi connectivity index (χ3n) is 3.44. The highest BCUT2D eigenvalue weighted by molar-refractivity contribution is 5.97. The van der Waals surface area contributed by atoms with E-state index in [1.807, 2.05) is 0 Å². The summed E-state index contributed by atoms with van der Waals surface area (Å²) in [4.78, 5) is 22.7. The van der Waals surface area contributed by atoms with Crippen molar-refractivity contribution in [1.29, 1.82) is 0 Å². The molecule has 4 heteroatoms. The zero-order chi connectivity index (χ0) is 10.2. The molecule has 1 saturated carbocycles. The van der Waals surface area contributed by atoms with Crippen LogP contribution in [0.1, 0.15) is 44.9 Å². The van der Waals surface area contributed by atoms with E-state index >= 15 is 0 Å². The van der Waals surface area contributed by atoms with Crippen molar-refractivity contribution in [2.75, 3.05) is 0 Å². The molecule has 0 atom stereocenters. The van der Waals surface area contributed by atoms with Crippen LogP contribution in [-0.4, -0.2) is 22.1 Å². The van der Waals surface area contributed by atoms with E-state index in [-0.39, 0.29) is 5.41 Å². The highest BCUT2D eigenvalue weighted by Crippen LogP contribution is 2.44. The summed E-state index contributed by atoms with van der Waals surface area (Å²) in [5, 5.41) is 9.39. The third-order valence-corrected chi connectivity index (χ3v) is 3.44. The number of piperidine rings is 1. The molecule has 2 rings (SSSR count). The molecule has 4 nitrogen and oxygen atoms in total. The Labute approximate surface area is 82.8 Å². The van der Waals surface area contributed by atoms with E-state index in [4.69, 9.17) is 5.21 Å². The van der Waals surface area contributed by atoms with Gasteiger partial charge in [0.2, 0.25) is 0 Å². The van der Waals surface area contributed by atoms with Crippen molar-refractivity contribution in [3.8, 4) is 0 Å². The minimum atomic E-state index is -0.428. The predicted octanol–water partition coefficient (Wildman–Crippen LogP) is 1.48. The number of amides is 2. The number of rotatable bonds is 0. The standard InChI is InChI=1S/C10H15NO3/c12-8-6-10(4-2-1-3-5-10)7-9(13)11(8)14/h14H,1-7H2. The van der Waals surface area contributed by atoms with Gasteiger partial charge in [-0.1, -0.05) is 19.3 Å². The molecule has 0 aromatic heterocycles. The summed E-state index contributed by atoms with van der Waals surface area (Å²) in [6.07, 6.45) is 6.01. The van der Waals surface area contributed by atoms with E-state index in [1.165, 1.54) is 6.42 Å². The van der Waals surface area contributed by atoms with Gasteiger partial charge in [0.15, 0.2) is 0 Å². The maximum atomic E-state index is 11.3. The number of hydrogen-bond donors (Lipinski definition) is 1. The maximum Gasteiger partial charge on any atom is 0.253 e. The van der Waals surface area contributed by atoms with Crippen LogP contribution in [0.3, 0.4) is 0 Å². The topological polar surface area (TPSA) is 57.6 Å². The van der Waals surface area contributed by atoms with E-state index in [1.54, 1.807) is 0 Å². The second-order valence-corrected chi connectivity index (χ2v) is 4.51. The normalized spacial score (nSPS) is 27.1. The molecule has 1 saturated heterocycles. The van der Waals surface area contributed by atoms with Crippen molar-refractivity contribution in [1.82, 2.24) is 5.06 Å². The van der Waals surface area contributed by atoms with Gasteiger partial charge in [-0.3, -0.25) is 14.8 Å². The summed E-state index contributed by atoms with van der Waals surface area (Å²) < 4.78 is 0. The first kappa shape index (κ1) is 9.65. The number of carbonyl (C=O) groups is 2. The van der Waals surface area contributed by atoms with Crippen LogP contribution in [0.5, 0.6) is 0 Å². The van der Waals surface area contributed by atoms with E-state index in [9.17, 15) is 9.59 Å². The first-order valence-corrected chi connectivity index (χ1v) is 5.18. The average molecular weight is 197 g/mol. The van der Waals surface area contributed by atoms with Gasteiger partial charge in [-0.2, -0.15) is 5.06 Å². The van der Waals surface area contributed by atoms with Gasteiger partial charge in [0.05, 0.1) is 0 Å². The molecule has 0 aromatic rings. The summed E-state index contributed by atoms with van der Waals surface area (Å²) in [6.45, 7) is 0. The van der Waals surface area contributed by atoms with Gasteiger partial charge in [0.1, 0.15) is 0 Å². The molecule has 1 aliphatic carbocycles. The smallest absolute Gasteiger partial charge is 0.253 e. The van der Waals surface area contributed by atoms with Crippen LogP contribution >= 0.6 is 0 Å². The van der Waals surface area contributed by atoms with Crippen LogP contribution in [0.2, 0.25) is 0 Å². The summed E-state index contributed by atoms with van der Waals surface area (Å²) in [7, 11) is 0. The molecule has 14 heavy (non-hydrogen) atoms. The van der Waals surface area contributed by atoms with Gasteiger partial charge in [0, 0.05) is 12.8 Å². The van der Waals surface area contributed by atoms with Crippen LogP contribution < -0.4 is 0 Å². The highest BCUT2D eigenvalue weighted by atomic mass is 16.5. The fourth-order valence-electron chi connectivity index (χ4n) is 2.65. The van der Waals surface area contributed by atoms with E-state index in [0.29, 0.717) is 17.9 Å². The number of nitrogens with zero attached hydrogens (tertiary/aromatic N) is 1. The number of imide groups is 1. The quantitative estimate of drug-likeness (QED) is 0.472. The zero-order valence-electron chi connectivity index (χ0n) is 8.16. The lowest BCUT2D eigenvalue weighted by molar-refractivity contribution is -0.190.